The molecule has 4 nitrogen and oxygen atoms in total. The van der Waals surface area contributed by atoms with Crippen LogP contribution >= 0.6 is 0 Å². The molecule has 0 aliphatic carbocycles. The lowest BCUT2D eigenvalue weighted by Gasteiger charge is -2.23. The van der Waals surface area contributed by atoms with Crippen molar-refractivity contribution in [2.24, 2.45) is 5.73 Å². The molecule has 14 heavy (non-hydrogen) atoms. The average Bonchev–Trinajstić information content (AvgIpc) is 1.96. The third-order valence-electron chi connectivity index (χ3n) is 1.91. The van der Waals surface area contributed by atoms with Crippen LogP contribution in [0.25, 0.3) is 0 Å². The standard InChI is InChI=1S/C10H22N2O2/c1-8(13)5-6-12(4)9(14)7-10(2,3)11/h8,13H,5-7,11H2,1-4H3. The van der Waals surface area contributed by atoms with Gasteiger partial charge in [0.2, 0.25) is 5.91 Å². The molecular formula is C10H22N2O2. The van der Waals surface area contributed by atoms with Gasteiger partial charge in [0.05, 0.1) is 6.10 Å². The number of carbonyl (C=O) groups is 1. The van der Waals surface area contributed by atoms with E-state index in [0.717, 1.165) is 0 Å². The maximum absolute atomic E-state index is 11.5. The van der Waals surface area contributed by atoms with Gasteiger partial charge in [0, 0.05) is 25.6 Å². The molecule has 0 saturated carbocycles. The van der Waals surface area contributed by atoms with Crippen LogP contribution in [0.3, 0.4) is 0 Å². The SMILES string of the molecule is CC(O)CCN(C)C(=O)CC(C)(C)N. The van der Waals surface area contributed by atoms with Gasteiger partial charge in [0.15, 0.2) is 0 Å². The van der Waals surface area contributed by atoms with E-state index < -0.39 is 5.54 Å². The molecule has 0 fully saturated rings. The van der Waals surface area contributed by atoms with E-state index in [1.165, 1.54) is 0 Å². The Kier molecular flexibility index (Phi) is 5.08. The van der Waals surface area contributed by atoms with Crippen molar-refractivity contribution < 1.29 is 9.90 Å². The zero-order valence-corrected chi connectivity index (χ0v) is 9.58. The van der Waals surface area contributed by atoms with Gasteiger partial charge in [-0.1, -0.05) is 0 Å². The fourth-order valence-corrected chi connectivity index (χ4v) is 1.03. The van der Waals surface area contributed by atoms with Gasteiger partial charge in [-0.15, -0.1) is 0 Å². The first-order valence-electron chi connectivity index (χ1n) is 4.93. The molecule has 0 aliphatic heterocycles. The quantitative estimate of drug-likeness (QED) is 0.675. The van der Waals surface area contributed by atoms with Crippen molar-refractivity contribution in [2.45, 2.75) is 45.3 Å². The lowest BCUT2D eigenvalue weighted by Crippen LogP contribution is -2.40. The van der Waals surface area contributed by atoms with Crippen LogP contribution < -0.4 is 5.73 Å². The Morgan fingerprint density at radius 1 is 1.57 bits per heavy atom. The minimum Gasteiger partial charge on any atom is -0.393 e. The molecule has 1 amide bonds. The van der Waals surface area contributed by atoms with Gasteiger partial charge in [-0.3, -0.25) is 4.79 Å². The summed E-state index contributed by atoms with van der Waals surface area (Å²) >= 11 is 0. The molecule has 0 radical (unpaired) electrons. The smallest absolute Gasteiger partial charge is 0.224 e. The monoisotopic (exact) mass is 202 g/mol. The summed E-state index contributed by atoms with van der Waals surface area (Å²) in [5.74, 6) is 0.0261. The highest BCUT2D eigenvalue weighted by atomic mass is 16.3. The molecular weight excluding hydrogens is 180 g/mol. The normalized spacial score (nSPS) is 13.9. The first-order valence-corrected chi connectivity index (χ1v) is 4.93. The van der Waals surface area contributed by atoms with E-state index in [1.54, 1.807) is 18.9 Å². The molecule has 0 heterocycles. The Labute approximate surface area is 86.1 Å². The fourth-order valence-electron chi connectivity index (χ4n) is 1.03. The Morgan fingerprint density at radius 3 is 2.43 bits per heavy atom. The molecule has 4 heteroatoms. The van der Waals surface area contributed by atoms with Gasteiger partial charge in [0.25, 0.3) is 0 Å². The third-order valence-corrected chi connectivity index (χ3v) is 1.91. The Balaban J connectivity index is 3.88. The van der Waals surface area contributed by atoms with Crippen molar-refractivity contribution in [3.05, 3.63) is 0 Å². The molecule has 84 valence electrons. The van der Waals surface area contributed by atoms with Crippen molar-refractivity contribution >= 4 is 5.91 Å². The predicted octanol–water partition coefficient (Wildman–Crippen LogP) is 0.343. The van der Waals surface area contributed by atoms with Crippen LogP contribution in [0.1, 0.15) is 33.6 Å². The van der Waals surface area contributed by atoms with Crippen LogP contribution in [0, 0.1) is 0 Å². The van der Waals surface area contributed by atoms with Crippen molar-refractivity contribution in [1.82, 2.24) is 4.90 Å². The number of carbonyl (C=O) groups excluding carboxylic acids is 1. The molecule has 1 atom stereocenters. The highest BCUT2D eigenvalue weighted by Crippen LogP contribution is 2.06. The lowest BCUT2D eigenvalue weighted by atomic mass is 10.0. The second kappa shape index (κ2) is 5.32. The summed E-state index contributed by atoms with van der Waals surface area (Å²) in [4.78, 5) is 13.1. The minimum absolute atomic E-state index is 0.0261. The van der Waals surface area contributed by atoms with Crippen molar-refractivity contribution in [2.75, 3.05) is 13.6 Å². The van der Waals surface area contributed by atoms with E-state index in [2.05, 4.69) is 0 Å². The van der Waals surface area contributed by atoms with Crippen molar-refractivity contribution in [3.8, 4) is 0 Å². The van der Waals surface area contributed by atoms with Crippen molar-refractivity contribution in [3.63, 3.8) is 0 Å². The topological polar surface area (TPSA) is 66.6 Å². The van der Waals surface area contributed by atoms with E-state index in [4.69, 9.17) is 10.8 Å². The number of hydrogen-bond acceptors (Lipinski definition) is 3. The highest BCUT2D eigenvalue weighted by Gasteiger charge is 2.19. The summed E-state index contributed by atoms with van der Waals surface area (Å²) in [5.41, 5.74) is 5.27. The molecule has 0 spiro atoms. The van der Waals surface area contributed by atoms with Crippen LogP contribution in [0.2, 0.25) is 0 Å². The summed E-state index contributed by atoms with van der Waals surface area (Å²) in [6.45, 7) is 5.94. The summed E-state index contributed by atoms with van der Waals surface area (Å²) in [7, 11) is 1.73. The molecule has 0 saturated heterocycles. The zero-order chi connectivity index (χ0) is 11.4. The first kappa shape index (κ1) is 13.4. The van der Waals surface area contributed by atoms with Crippen LogP contribution in [-0.4, -0.2) is 41.1 Å². The number of aliphatic hydroxyl groups excluding tert-OH is 1. The number of amides is 1. The summed E-state index contributed by atoms with van der Waals surface area (Å²) in [6.07, 6.45) is 0.576. The second-order valence-electron chi connectivity index (χ2n) is 4.62. The molecule has 0 aromatic rings. The fraction of sp³-hybridized carbons (Fsp3) is 0.900. The largest absolute Gasteiger partial charge is 0.393 e. The summed E-state index contributed by atoms with van der Waals surface area (Å²) in [6, 6.07) is 0. The number of nitrogens with zero attached hydrogens (tertiary/aromatic N) is 1. The van der Waals surface area contributed by atoms with Gasteiger partial charge < -0.3 is 15.7 Å². The van der Waals surface area contributed by atoms with Gasteiger partial charge in [0.1, 0.15) is 0 Å². The molecule has 3 N–H and O–H groups in total. The zero-order valence-electron chi connectivity index (χ0n) is 9.58. The third kappa shape index (κ3) is 6.86. The lowest BCUT2D eigenvalue weighted by molar-refractivity contribution is -0.131. The van der Waals surface area contributed by atoms with Crippen molar-refractivity contribution in [1.29, 1.82) is 0 Å². The number of aliphatic hydroxyl groups is 1. The first-order chi connectivity index (χ1) is 6.22. The molecule has 0 aromatic carbocycles. The Hall–Kier alpha value is -0.610. The van der Waals surface area contributed by atoms with Crippen LogP contribution in [0.15, 0.2) is 0 Å². The van der Waals surface area contributed by atoms with E-state index in [0.29, 0.717) is 19.4 Å². The van der Waals surface area contributed by atoms with E-state index in [9.17, 15) is 4.79 Å². The van der Waals surface area contributed by atoms with E-state index in [1.807, 2.05) is 13.8 Å². The van der Waals surface area contributed by atoms with Crippen LogP contribution in [0.4, 0.5) is 0 Å². The molecule has 0 aliphatic rings. The minimum atomic E-state index is -0.462. The molecule has 1 unspecified atom stereocenters. The maximum Gasteiger partial charge on any atom is 0.224 e. The highest BCUT2D eigenvalue weighted by molar-refractivity contribution is 5.76. The summed E-state index contributed by atoms with van der Waals surface area (Å²) in [5, 5.41) is 9.05. The maximum atomic E-state index is 11.5. The van der Waals surface area contributed by atoms with Gasteiger partial charge in [-0.05, 0) is 27.2 Å². The van der Waals surface area contributed by atoms with Gasteiger partial charge in [-0.25, -0.2) is 0 Å². The van der Waals surface area contributed by atoms with Gasteiger partial charge in [-0.2, -0.15) is 0 Å². The summed E-state index contributed by atoms with van der Waals surface area (Å²) < 4.78 is 0. The van der Waals surface area contributed by atoms with Gasteiger partial charge >= 0.3 is 0 Å². The number of hydrogen-bond donors (Lipinski definition) is 2. The predicted molar refractivity (Wildman–Crippen MR) is 56.8 cm³/mol. The Morgan fingerprint density at radius 2 is 2.07 bits per heavy atom. The average molecular weight is 202 g/mol. The van der Waals surface area contributed by atoms with Crippen LogP contribution in [-0.2, 0) is 4.79 Å². The van der Waals surface area contributed by atoms with E-state index >= 15 is 0 Å². The second-order valence-corrected chi connectivity index (χ2v) is 4.62. The van der Waals surface area contributed by atoms with Crippen LogP contribution in [0.5, 0.6) is 0 Å². The van der Waals surface area contributed by atoms with E-state index in [-0.39, 0.29) is 12.0 Å². The Bertz CT molecular complexity index is 185. The molecule has 0 aromatic heterocycles. The molecule has 0 rings (SSSR count). The number of rotatable bonds is 5. The molecule has 0 bridgehead atoms. The number of nitrogens with two attached hydrogens (primary N) is 1.